The molecule has 2 nitrogen and oxygen atoms in total. The lowest BCUT2D eigenvalue weighted by molar-refractivity contribution is 0.407. The summed E-state index contributed by atoms with van der Waals surface area (Å²) < 4.78 is 16.1. The average molecular weight is 334 g/mol. The SMILES string of the molecule is CC(C)(C)S(=O)NC1(c2ccccc2)CCCc2sccc21. The molecular formula is C18H23NOS2. The minimum Gasteiger partial charge on any atom is -0.242 e. The Labute approximate surface area is 139 Å². The van der Waals surface area contributed by atoms with Crippen LogP contribution in [0.3, 0.4) is 0 Å². The van der Waals surface area contributed by atoms with E-state index in [2.05, 4.69) is 40.4 Å². The maximum Gasteiger partial charge on any atom is 0.0981 e. The van der Waals surface area contributed by atoms with E-state index in [-0.39, 0.29) is 10.3 Å². The van der Waals surface area contributed by atoms with Crippen molar-refractivity contribution >= 4 is 22.3 Å². The van der Waals surface area contributed by atoms with Crippen molar-refractivity contribution in [2.24, 2.45) is 0 Å². The fraction of sp³-hybridized carbons (Fsp3) is 0.444. The topological polar surface area (TPSA) is 29.1 Å². The number of rotatable bonds is 3. The van der Waals surface area contributed by atoms with Gasteiger partial charge in [-0.2, -0.15) is 0 Å². The van der Waals surface area contributed by atoms with E-state index >= 15 is 0 Å². The van der Waals surface area contributed by atoms with Gasteiger partial charge in [0.2, 0.25) is 0 Å². The molecule has 0 amide bonds. The number of fused-ring (bicyclic) bond motifs is 1. The third kappa shape index (κ3) is 2.80. The summed E-state index contributed by atoms with van der Waals surface area (Å²) in [7, 11) is -1.11. The van der Waals surface area contributed by atoms with Crippen molar-refractivity contribution in [3.63, 3.8) is 0 Å². The summed E-state index contributed by atoms with van der Waals surface area (Å²) in [5, 5.41) is 2.16. The van der Waals surface area contributed by atoms with E-state index in [0.29, 0.717) is 0 Å². The highest BCUT2D eigenvalue weighted by Gasteiger charge is 2.41. The number of benzene rings is 1. The predicted octanol–water partition coefficient (Wildman–Crippen LogP) is 4.38. The highest BCUT2D eigenvalue weighted by molar-refractivity contribution is 7.84. The van der Waals surface area contributed by atoms with Crippen LogP contribution in [-0.2, 0) is 22.9 Å². The molecule has 0 fully saturated rings. The number of hydrogen-bond donors (Lipinski definition) is 1. The molecule has 1 N–H and O–H groups in total. The Kier molecular flexibility index (Phi) is 4.27. The quantitative estimate of drug-likeness (QED) is 0.887. The summed E-state index contributed by atoms with van der Waals surface area (Å²) in [4.78, 5) is 1.42. The molecule has 0 spiro atoms. The minimum atomic E-state index is -1.11. The molecule has 4 heteroatoms. The molecule has 1 aromatic heterocycles. The Morgan fingerprint density at radius 3 is 2.59 bits per heavy atom. The van der Waals surface area contributed by atoms with Crippen molar-refractivity contribution in [3.8, 4) is 0 Å². The molecule has 3 rings (SSSR count). The maximum absolute atomic E-state index is 12.8. The van der Waals surface area contributed by atoms with Gasteiger partial charge in [0.15, 0.2) is 0 Å². The van der Waals surface area contributed by atoms with Crippen LogP contribution < -0.4 is 4.72 Å². The average Bonchev–Trinajstić information content (AvgIpc) is 2.97. The molecule has 2 aromatic rings. The molecule has 0 saturated carbocycles. The molecule has 2 unspecified atom stereocenters. The zero-order valence-electron chi connectivity index (χ0n) is 13.4. The fourth-order valence-corrected chi connectivity index (χ4v) is 5.01. The van der Waals surface area contributed by atoms with Crippen LogP contribution in [0.2, 0.25) is 0 Å². The third-order valence-electron chi connectivity index (χ3n) is 4.25. The van der Waals surface area contributed by atoms with E-state index in [4.69, 9.17) is 0 Å². The van der Waals surface area contributed by atoms with Gasteiger partial charge in [-0.15, -0.1) is 11.3 Å². The van der Waals surface area contributed by atoms with Gasteiger partial charge in [-0.05, 0) is 62.6 Å². The number of thiophene rings is 1. The number of hydrogen-bond acceptors (Lipinski definition) is 2. The van der Waals surface area contributed by atoms with Crippen LogP contribution in [0.25, 0.3) is 0 Å². The van der Waals surface area contributed by atoms with E-state index in [0.717, 1.165) is 19.3 Å². The second-order valence-corrected chi connectivity index (χ2v) is 9.83. The monoisotopic (exact) mass is 333 g/mol. The van der Waals surface area contributed by atoms with E-state index in [1.54, 1.807) is 0 Å². The fourth-order valence-electron chi connectivity index (χ4n) is 3.06. The molecule has 1 aliphatic carbocycles. The zero-order chi connectivity index (χ0) is 15.8. The minimum absolute atomic E-state index is 0.282. The molecule has 0 saturated heterocycles. The molecule has 22 heavy (non-hydrogen) atoms. The molecule has 1 heterocycles. The first-order chi connectivity index (χ1) is 10.4. The first-order valence-corrected chi connectivity index (χ1v) is 9.78. The largest absolute Gasteiger partial charge is 0.242 e. The lowest BCUT2D eigenvalue weighted by Crippen LogP contribution is -2.50. The van der Waals surface area contributed by atoms with Gasteiger partial charge in [0.1, 0.15) is 0 Å². The van der Waals surface area contributed by atoms with Crippen molar-refractivity contribution < 1.29 is 4.21 Å². The van der Waals surface area contributed by atoms with Crippen LogP contribution in [0.1, 0.15) is 49.6 Å². The summed E-state index contributed by atoms with van der Waals surface area (Å²) in [6.45, 7) is 6.06. The molecule has 1 aliphatic rings. The molecular weight excluding hydrogens is 310 g/mol. The smallest absolute Gasteiger partial charge is 0.0981 e. The summed E-state index contributed by atoms with van der Waals surface area (Å²) in [6.07, 6.45) is 3.24. The van der Waals surface area contributed by atoms with Gasteiger partial charge < -0.3 is 0 Å². The van der Waals surface area contributed by atoms with Crippen LogP contribution in [0.5, 0.6) is 0 Å². The maximum atomic E-state index is 12.8. The van der Waals surface area contributed by atoms with Crippen molar-refractivity contribution in [3.05, 3.63) is 57.8 Å². The van der Waals surface area contributed by atoms with Crippen LogP contribution in [0.15, 0.2) is 41.8 Å². The molecule has 0 bridgehead atoms. The standard InChI is InChI=1S/C18H23NOS2/c1-17(2,3)22(20)19-18(14-8-5-4-6-9-14)12-7-10-16-15(18)11-13-21-16/h4-6,8-9,11,13,19H,7,10,12H2,1-3H3. The van der Waals surface area contributed by atoms with Gasteiger partial charge in [0.25, 0.3) is 0 Å². The highest BCUT2D eigenvalue weighted by atomic mass is 32.2. The summed E-state index contributed by atoms with van der Waals surface area (Å²) in [5.41, 5.74) is 2.20. The third-order valence-corrected chi connectivity index (χ3v) is 6.88. The lowest BCUT2D eigenvalue weighted by atomic mass is 9.76. The van der Waals surface area contributed by atoms with Gasteiger partial charge in [0, 0.05) is 4.88 Å². The van der Waals surface area contributed by atoms with Gasteiger partial charge in [-0.25, -0.2) is 8.93 Å². The number of nitrogens with one attached hydrogen (secondary N) is 1. The molecule has 1 aromatic carbocycles. The molecule has 0 radical (unpaired) electrons. The second-order valence-electron chi connectivity index (χ2n) is 6.87. The lowest BCUT2D eigenvalue weighted by Gasteiger charge is -2.40. The highest BCUT2D eigenvalue weighted by Crippen LogP contribution is 2.43. The Morgan fingerprint density at radius 2 is 1.91 bits per heavy atom. The van der Waals surface area contributed by atoms with Crippen molar-refractivity contribution in [2.75, 3.05) is 0 Å². The van der Waals surface area contributed by atoms with E-state index < -0.39 is 11.0 Å². The second kappa shape index (κ2) is 5.91. The van der Waals surface area contributed by atoms with E-state index in [1.807, 2.05) is 38.2 Å². The van der Waals surface area contributed by atoms with Gasteiger partial charge in [-0.3, -0.25) is 0 Å². The van der Waals surface area contributed by atoms with Crippen LogP contribution >= 0.6 is 11.3 Å². The molecule has 0 aliphatic heterocycles. The van der Waals surface area contributed by atoms with Crippen LogP contribution in [0, 0.1) is 0 Å². The predicted molar refractivity (Wildman–Crippen MR) is 95.5 cm³/mol. The summed E-state index contributed by atoms with van der Waals surface area (Å²) >= 11 is 1.82. The van der Waals surface area contributed by atoms with Crippen molar-refractivity contribution in [2.45, 2.75) is 50.3 Å². The van der Waals surface area contributed by atoms with Crippen LogP contribution in [-0.4, -0.2) is 8.96 Å². The Balaban J connectivity index is 2.11. The normalized spacial score (nSPS) is 23.0. The molecule has 2 atom stereocenters. The molecule has 118 valence electrons. The van der Waals surface area contributed by atoms with E-state index in [9.17, 15) is 4.21 Å². The Morgan fingerprint density at radius 1 is 1.18 bits per heavy atom. The summed E-state index contributed by atoms with van der Waals surface area (Å²) in [5.74, 6) is 0. The number of aryl methyl sites for hydroxylation is 1. The van der Waals surface area contributed by atoms with Gasteiger partial charge in [0.05, 0.1) is 21.3 Å². The van der Waals surface area contributed by atoms with Crippen LogP contribution in [0.4, 0.5) is 0 Å². The zero-order valence-corrected chi connectivity index (χ0v) is 15.0. The Hall–Kier alpha value is -0.970. The summed E-state index contributed by atoms with van der Waals surface area (Å²) in [6, 6.07) is 12.7. The van der Waals surface area contributed by atoms with Gasteiger partial charge >= 0.3 is 0 Å². The first-order valence-electron chi connectivity index (χ1n) is 7.75. The van der Waals surface area contributed by atoms with Crippen molar-refractivity contribution in [1.82, 2.24) is 4.72 Å². The Bertz CT molecular complexity index is 672. The first kappa shape index (κ1) is 15.9. The van der Waals surface area contributed by atoms with Gasteiger partial charge in [-0.1, -0.05) is 30.3 Å². The van der Waals surface area contributed by atoms with Crippen molar-refractivity contribution in [1.29, 1.82) is 0 Å². The van der Waals surface area contributed by atoms with E-state index in [1.165, 1.54) is 16.0 Å².